The molecule has 0 N–H and O–H groups in total. The first kappa shape index (κ1) is 8.67. The van der Waals surface area contributed by atoms with Crippen LogP contribution in [0.5, 0.6) is 0 Å². The summed E-state index contributed by atoms with van der Waals surface area (Å²) in [5, 5.41) is 0. The first-order chi connectivity index (χ1) is 4.41. The van der Waals surface area contributed by atoms with Gasteiger partial charge in [0.25, 0.3) is 0 Å². The Morgan fingerprint density at radius 1 is 1.22 bits per heavy atom. The second kappa shape index (κ2) is 7.67. The Kier molecular flexibility index (Phi) is 7.39. The number of alkyl halides is 1. The van der Waals surface area contributed by atoms with Crippen LogP contribution in [-0.4, -0.2) is 6.67 Å². The van der Waals surface area contributed by atoms with E-state index in [0.717, 1.165) is 19.3 Å². The third-order valence-electron chi connectivity index (χ3n) is 1.06. The summed E-state index contributed by atoms with van der Waals surface area (Å²) in [7, 11) is 0. The molecule has 0 rings (SSSR count). The third kappa shape index (κ3) is 7.67. The normalized spacial score (nSPS) is 10.9. The minimum absolute atomic E-state index is 0.235. The fraction of sp³-hybridized carbons (Fsp3) is 0.625. The van der Waals surface area contributed by atoms with Gasteiger partial charge in [0.05, 0.1) is 6.67 Å². The molecule has 0 bridgehead atoms. The molecule has 0 aliphatic rings. The summed E-state index contributed by atoms with van der Waals surface area (Å²) in [5.74, 6) is 0. The van der Waals surface area contributed by atoms with E-state index in [2.05, 4.69) is 6.92 Å². The van der Waals surface area contributed by atoms with Crippen LogP contribution in [0.4, 0.5) is 4.39 Å². The second-order valence-corrected chi connectivity index (χ2v) is 1.94. The molecule has 0 aromatic heterocycles. The molecule has 0 aliphatic heterocycles. The lowest BCUT2D eigenvalue weighted by atomic mass is 10.2. The van der Waals surface area contributed by atoms with Crippen LogP contribution in [0.3, 0.4) is 0 Å². The lowest BCUT2D eigenvalue weighted by Gasteiger charge is -1.86. The van der Waals surface area contributed by atoms with Gasteiger partial charge in [0.1, 0.15) is 0 Å². The topological polar surface area (TPSA) is 0 Å². The summed E-state index contributed by atoms with van der Waals surface area (Å²) in [6.45, 7) is 3.46. The summed E-state index contributed by atoms with van der Waals surface area (Å²) < 4.78 is 11.4. The number of rotatable bonds is 5. The maximum Gasteiger partial charge on any atom is 0.0928 e. The fourth-order valence-corrected chi connectivity index (χ4v) is 0.561. The highest BCUT2D eigenvalue weighted by Crippen LogP contribution is 1.95. The Balaban J connectivity index is 2.86. The average Bonchev–Trinajstić information content (AvgIpc) is 1.89. The molecule has 0 saturated heterocycles. The van der Waals surface area contributed by atoms with Crippen LogP contribution in [0.15, 0.2) is 12.2 Å². The molecular weight excluding hydrogens is 115 g/mol. The van der Waals surface area contributed by atoms with Crippen molar-refractivity contribution in [2.45, 2.75) is 25.7 Å². The molecule has 0 unspecified atom stereocenters. The summed E-state index contributed by atoms with van der Waals surface area (Å²) in [5.41, 5.74) is 0. The van der Waals surface area contributed by atoms with Crippen LogP contribution in [0.25, 0.3) is 0 Å². The molecule has 0 fully saturated rings. The van der Waals surface area contributed by atoms with Crippen molar-refractivity contribution >= 4 is 0 Å². The van der Waals surface area contributed by atoms with Gasteiger partial charge in [0.15, 0.2) is 0 Å². The number of hydrogen-bond acceptors (Lipinski definition) is 0. The quantitative estimate of drug-likeness (QED) is 0.395. The molecule has 0 atom stereocenters. The highest BCUT2D eigenvalue weighted by Gasteiger charge is 1.77. The van der Waals surface area contributed by atoms with E-state index in [-0.39, 0.29) is 6.67 Å². The molecule has 0 aromatic carbocycles. The molecule has 0 spiro atoms. The molecule has 0 aliphatic carbocycles. The van der Waals surface area contributed by atoms with Crippen molar-refractivity contribution < 1.29 is 4.39 Å². The lowest BCUT2D eigenvalue weighted by Crippen LogP contribution is -1.69. The highest BCUT2D eigenvalue weighted by molar-refractivity contribution is 4.80. The van der Waals surface area contributed by atoms with Crippen LogP contribution in [0.1, 0.15) is 25.7 Å². The lowest BCUT2D eigenvalue weighted by molar-refractivity contribution is 0.500. The monoisotopic (exact) mass is 129 g/mol. The van der Waals surface area contributed by atoms with Gasteiger partial charge in [-0.1, -0.05) is 25.5 Å². The van der Waals surface area contributed by atoms with Gasteiger partial charge in [-0.25, -0.2) is 0 Å². The van der Waals surface area contributed by atoms with Crippen molar-refractivity contribution in [3.8, 4) is 0 Å². The number of hydrogen-bond donors (Lipinski definition) is 0. The van der Waals surface area contributed by atoms with E-state index >= 15 is 0 Å². The van der Waals surface area contributed by atoms with Gasteiger partial charge >= 0.3 is 0 Å². The number of unbranched alkanes of at least 4 members (excludes halogenated alkanes) is 2. The Morgan fingerprint density at radius 3 is 2.44 bits per heavy atom. The smallest absolute Gasteiger partial charge is 0.0928 e. The largest absolute Gasteiger partial charge is 0.251 e. The Morgan fingerprint density at radius 2 is 1.89 bits per heavy atom. The van der Waals surface area contributed by atoms with Gasteiger partial charge in [-0.15, -0.1) is 0 Å². The Labute approximate surface area is 56.8 Å². The van der Waals surface area contributed by atoms with E-state index in [1.807, 2.05) is 12.2 Å². The van der Waals surface area contributed by atoms with E-state index in [1.165, 1.54) is 0 Å². The van der Waals surface area contributed by atoms with Gasteiger partial charge in [-0.3, -0.25) is 4.39 Å². The SMILES string of the molecule is [CH2]CCCC=CCCF. The van der Waals surface area contributed by atoms with Crippen LogP contribution in [0, 0.1) is 6.92 Å². The van der Waals surface area contributed by atoms with E-state index in [9.17, 15) is 4.39 Å². The minimum Gasteiger partial charge on any atom is -0.251 e. The molecule has 9 heavy (non-hydrogen) atoms. The maximum atomic E-state index is 11.4. The zero-order valence-electron chi connectivity index (χ0n) is 5.78. The van der Waals surface area contributed by atoms with Gasteiger partial charge in [-0.05, 0) is 19.3 Å². The molecule has 1 heteroatoms. The van der Waals surface area contributed by atoms with Gasteiger partial charge in [0, 0.05) is 0 Å². The molecule has 0 nitrogen and oxygen atoms in total. The highest BCUT2D eigenvalue weighted by atomic mass is 19.1. The summed E-state index contributed by atoms with van der Waals surface area (Å²) in [6, 6.07) is 0. The fourth-order valence-electron chi connectivity index (χ4n) is 0.561. The second-order valence-electron chi connectivity index (χ2n) is 1.94. The van der Waals surface area contributed by atoms with Crippen LogP contribution in [0.2, 0.25) is 0 Å². The predicted molar refractivity (Wildman–Crippen MR) is 38.9 cm³/mol. The first-order valence-corrected chi connectivity index (χ1v) is 3.42. The molecular formula is C8H14F. The molecule has 0 saturated carbocycles. The van der Waals surface area contributed by atoms with Crippen LogP contribution >= 0.6 is 0 Å². The Hall–Kier alpha value is -0.330. The summed E-state index contributed by atoms with van der Waals surface area (Å²) in [4.78, 5) is 0. The van der Waals surface area contributed by atoms with Gasteiger partial charge in [-0.2, -0.15) is 0 Å². The van der Waals surface area contributed by atoms with Crippen molar-refractivity contribution in [2.24, 2.45) is 0 Å². The molecule has 0 heterocycles. The van der Waals surface area contributed by atoms with Crippen molar-refractivity contribution in [3.05, 3.63) is 19.1 Å². The van der Waals surface area contributed by atoms with E-state index in [0.29, 0.717) is 6.42 Å². The predicted octanol–water partition coefficient (Wildman–Crippen LogP) is 2.91. The van der Waals surface area contributed by atoms with E-state index in [4.69, 9.17) is 0 Å². The van der Waals surface area contributed by atoms with Crippen LogP contribution in [-0.2, 0) is 0 Å². The summed E-state index contributed by atoms with van der Waals surface area (Å²) in [6.07, 6.45) is 7.60. The van der Waals surface area contributed by atoms with Crippen molar-refractivity contribution in [1.82, 2.24) is 0 Å². The van der Waals surface area contributed by atoms with Crippen LogP contribution < -0.4 is 0 Å². The molecule has 53 valence electrons. The van der Waals surface area contributed by atoms with E-state index < -0.39 is 0 Å². The maximum absolute atomic E-state index is 11.4. The van der Waals surface area contributed by atoms with Crippen molar-refractivity contribution in [1.29, 1.82) is 0 Å². The number of halogens is 1. The van der Waals surface area contributed by atoms with E-state index in [1.54, 1.807) is 0 Å². The standard InChI is InChI=1S/C8H14F/c1-2-3-4-5-6-7-8-9/h5-6H,1-4,7-8H2. The minimum atomic E-state index is -0.235. The Bertz CT molecular complexity index is 67.0. The number of allylic oxidation sites excluding steroid dienone is 2. The average molecular weight is 129 g/mol. The van der Waals surface area contributed by atoms with Crippen molar-refractivity contribution in [3.63, 3.8) is 0 Å². The van der Waals surface area contributed by atoms with Gasteiger partial charge < -0.3 is 0 Å². The summed E-state index contributed by atoms with van der Waals surface area (Å²) >= 11 is 0. The molecule has 1 radical (unpaired) electrons. The first-order valence-electron chi connectivity index (χ1n) is 3.42. The zero-order chi connectivity index (χ0) is 6.95. The van der Waals surface area contributed by atoms with Gasteiger partial charge in [0.2, 0.25) is 0 Å². The third-order valence-corrected chi connectivity index (χ3v) is 1.06. The van der Waals surface area contributed by atoms with Crippen molar-refractivity contribution in [2.75, 3.05) is 6.67 Å². The molecule has 0 amide bonds. The zero-order valence-corrected chi connectivity index (χ0v) is 5.78. The molecule has 0 aromatic rings.